The summed E-state index contributed by atoms with van der Waals surface area (Å²) in [6.45, 7) is 4.43. The standard InChI is InChI=1S/C21H25NO4S/c1-21(2)25-14-19(26-21)18(15-27-17-11-7-4-8-12-17)22-20(23)24-13-16-9-5-3-6-10-16/h3-12,18-19H,13-15H2,1-2H3,(H,22,23)/t18-,19?/m0/s1. The summed E-state index contributed by atoms with van der Waals surface area (Å²) in [4.78, 5) is 13.5. The smallest absolute Gasteiger partial charge is 0.407 e. The summed E-state index contributed by atoms with van der Waals surface area (Å²) in [6, 6.07) is 19.5. The van der Waals surface area contributed by atoms with E-state index in [9.17, 15) is 4.79 Å². The van der Waals surface area contributed by atoms with Crippen molar-refractivity contribution in [1.29, 1.82) is 0 Å². The third kappa shape index (κ3) is 6.27. The first kappa shape index (κ1) is 19.7. The summed E-state index contributed by atoms with van der Waals surface area (Å²) in [5, 5.41) is 2.95. The van der Waals surface area contributed by atoms with Crippen LogP contribution in [0.4, 0.5) is 4.79 Å². The Morgan fingerprint density at radius 1 is 1.19 bits per heavy atom. The molecule has 6 heteroatoms. The molecule has 27 heavy (non-hydrogen) atoms. The number of rotatable bonds is 7. The Bertz CT molecular complexity index is 723. The van der Waals surface area contributed by atoms with E-state index >= 15 is 0 Å². The van der Waals surface area contributed by atoms with E-state index in [0.717, 1.165) is 10.5 Å². The second kappa shape index (κ2) is 9.26. The second-order valence-corrected chi connectivity index (χ2v) is 7.90. The van der Waals surface area contributed by atoms with Gasteiger partial charge in [-0.2, -0.15) is 0 Å². The molecule has 0 bridgehead atoms. The zero-order chi connectivity index (χ0) is 19.1. The summed E-state index contributed by atoms with van der Waals surface area (Å²) >= 11 is 1.67. The molecule has 1 amide bonds. The van der Waals surface area contributed by atoms with Crippen molar-refractivity contribution in [1.82, 2.24) is 5.32 Å². The van der Waals surface area contributed by atoms with Gasteiger partial charge >= 0.3 is 6.09 Å². The Balaban J connectivity index is 1.57. The first-order valence-corrected chi connectivity index (χ1v) is 9.97. The number of benzene rings is 2. The van der Waals surface area contributed by atoms with Gasteiger partial charge in [-0.15, -0.1) is 11.8 Å². The molecule has 2 atom stereocenters. The summed E-state index contributed by atoms with van der Waals surface area (Å²) in [5.41, 5.74) is 0.949. The molecule has 1 N–H and O–H groups in total. The van der Waals surface area contributed by atoms with Gasteiger partial charge in [0.2, 0.25) is 0 Å². The highest BCUT2D eigenvalue weighted by molar-refractivity contribution is 7.99. The molecule has 3 rings (SSSR count). The van der Waals surface area contributed by atoms with E-state index in [1.165, 1.54) is 0 Å². The topological polar surface area (TPSA) is 56.8 Å². The van der Waals surface area contributed by atoms with Crippen LogP contribution in [-0.2, 0) is 20.8 Å². The highest BCUT2D eigenvalue weighted by Gasteiger charge is 2.38. The van der Waals surface area contributed by atoms with Gasteiger partial charge < -0.3 is 19.5 Å². The van der Waals surface area contributed by atoms with Gasteiger partial charge in [0, 0.05) is 10.6 Å². The van der Waals surface area contributed by atoms with Crippen LogP contribution >= 0.6 is 11.8 Å². The lowest BCUT2D eigenvalue weighted by Gasteiger charge is -2.24. The molecule has 0 radical (unpaired) electrons. The minimum absolute atomic E-state index is 0.222. The first-order valence-electron chi connectivity index (χ1n) is 8.99. The lowest BCUT2D eigenvalue weighted by Crippen LogP contribution is -2.47. The van der Waals surface area contributed by atoms with Gasteiger partial charge in [-0.05, 0) is 31.5 Å². The van der Waals surface area contributed by atoms with Crippen LogP contribution in [0.5, 0.6) is 0 Å². The molecule has 5 nitrogen and oxygen atoms in total. The fourth-order valence-electron chi connectivity index (χ4n) is 2.77. The van der Waals surface area contributed by atoms with Crippen molar-refractivity contribution < 1.29 is 19.0 Å². The third-order valence-corrected chi connectivity index (χ3v) is 5.30. The van der Waals surface area contributed by atoms with E-state index in [1.807, 2.05) is 74.5 Å². The number of amides is 1. The minimum atomic E-state index is -0.643. The van der Waals surface area contributed by atoms with E-state index in [0.29, 0.717) is 12.4 Å². The summed E-state index contributed by atoms with van der Waals surface area (Å²) < 4.78 is 17.0. The first-order chi connectivity index (χ1) is 13.0. The van der Waals surface area contributed by atoms with Gasteiger partial charge in [-0.25, -0.2) is 4.79 Å². The van der Waals surface area contributed by atoms with Crippen molar-refractivity contribution in [2.24, 2.45) is 0 Å². The lowest BCUT2D eigenvalue weighted by molar-refractivity contribution is -0.140. The number of carbonyl (C=O) groups excluding carboxylic acids is 1. The Morgan fingerprint density at radius 2 is 1.85 bits per heavy atom. The zero-order valence-corrected chi connectivity index (χ0v) is 16.4. The lowest BCUT2D eigenvalue weighted by atomic mass is 10.2. The number of thioether (sulfide) groups is 1. The van der Waals surface area contributed by atoms with E-state index in [4.69, 9.17) is 14.2 Å². The minimum Gasteiger partial charge on any atom is -0.445 e. The van der Waals surface area contributed by atoms with Crippen molar-refractivity contribution in [2.75, 3.05) is 12.4 Å². The Hall–Kier alpha value is -2.02. The quantitative estimate of drug-likeness (QED) is 0.721. The van der Waals surface area contributed by atoms with E-state index in [1.54, 1.807) is 11.8 Å². The summed E-state index contributed by atoms with van der Waals surface area (Å²) in [6.07, 6.45) is -0.675. The molecule has 1 unspecified atom stereocenters. The fraction of sp³-hybridized carbons (Fsp3) is 0.381. The van der Waals surface area contributed by atoms with Crippen molar-refractivity contribution in [3.8, 4) is 0 Å². The average molecular weight is 388 g/mol. The van der Waals surface area contributed by atoms with Crippen molar-refractivity contribution in [3.63, 3.8) is 0 Å². The Kier molecular flexibility index (Phi) is 6.77. The summed E-state index contributed by atoms with van der Waals surface area (Å²) in [5.74, 6) is 0.0184. The molecule has 1 fully saturated rings. The SMILES string of the molecule is CC1(C)OCC([C@H](CSc2ccccc2)NC(=O)OCc2ccccc2)O1. The normalized spacial score (nSPS) is 19.4. The molecule has 0 saturated carbocycles. The van der Waals surface area contributed by atoms with Crippen LogP contribution in [0.2, 0.25) is 0 Å². The molecular weight excluding hydrogens is 362 g/mol. The predicted molar refractivity (Wildman–Crippen MR) is 106 cm³/mol. The van der Waals surface area contributed by atoms with Crippen molar-refractivity contribution in [2.45, 2.75) is 43.3 Å². The van der Waals surface area contributed by atoms with Gasteiger partial charge in [-0.1, -0.05) is 48.5 Å². The fourth-order valence-corrected chi connectivity index (χ4v) is 3.79. The number of hydrogen-bond acceptors (Lipinski definition) is 5. The number of hydrogen-bond donors (Lipinski definition) is 1. The van der Waals surface area contributed by atoms with Crippen LogP contribution in [0.3, 0.4) is 0 Å². The van der Waals surface area contributed by atoms with Gasteiger partial charge in [0.15, 0.2) is 5.79 Å². The molecule has 0 aliphatic carbocycles. The molecule has 1 aliphatic rings. The summed E-state index contributed by atoms with van der Waals surface area (Å²) in [7, 11) is 0. The van der Waals surface area contributed by atoms with Crippen LogP contribution in [-0.4, -0.2) is 36.4 Å². The molecule has 0 spiro atoms. The monoisotopic (exact) mass is 387 g/mol. The molecule has 0 aromatic heterocycles. The molecule has 1 saturated heterocycles. The van der Waals surface area contributed by atoms with Crippen molar-refractivity contribution >= 4 is 17.9 Å². The highest BCUT2D eigenvalue weighted by Crippen LogP contribution is 2.27. The van der Waals surface area contributed by atoms with Crippen LogP contribution < -0.4 is 5.32 Å². The number of nitrogens with one attached hydrogen (secondary N) is 1. The van der Waals surface area contributed by atoms with Gasteiger partial charge in [0.25, 0.3) is 0 Å². The largest absolute Gasteiger partial charge is 0.445 e. The molecular formula is C21H25NO4S. The predicted octanol–water partition coefficient (Wildman–Crippen LogP) is 4.23. The average Bonchev–Trinajstić information content (AvgIpc) is 3.05. The maximum absolute atomic E-state index is 12.3. The third-order valence-electron chi connectivity index (χ3n) is 4.17. The van der Waals surface area contributed by atoms with E-state index in [-0.39, 0.29) is 18.8 Å². The maximum atomic E-state index is 12.3. The Labute approximate surface area is 164 Å². The number of carbonyl (C=O) groups is 1. The number of alkyl carbamates (subject to hydrolysis) is 1. The highest BCUT2D eigenvalue weighted by atomic mass is 32.2. The maximum Gasteiger partial charge on any atom is 0.407 e. The Morgan fingerprint density at radius 3 is 2.48 bits per heavy atom. The van der Waals surface area contributed by atoms with Crippen LogP contribution in [0.15, 0.2) is 65.6 Å². The van der Waals surface area contributed by atoms with Gasteiger partial charge in [0.05, 0.1) is 12.6 Å². The van der Waals surface area contributed by atoms with Gasteiger partial charge in [-0.3, -0.25) is 0 Å². The zero-order valence-electron chi connectivity index (χ0n) is 15.6. The van der Waals surface area contributed by atoms with Crippen LogP contribution in [0.25, 0.3) is 0 Å². The molecule has 2 aromatic rings. The molecule has 1 heterocycles. The number of ether oxygens (including phenoxy) is 3. The molecule has 144 valence electrons. The molecule has 2 aromatic carbocycles. The van der Waals surface area contributed by atoms with Crippen LogP contribution in [0.1, 0.15) is 19.4 Å². The van der Waals surface area contributed by atoms with Crippen LogP contribution in [0, 0.1) is 0 Å². The van der Waals surface area contributed by atoms with Crippen molar-refractivity contribution in [3.05, 3.63) is 66.2 Å². The van der Waals surface area contributed by atoms with E-state index in [2.05, 4.69) is 5.32 Å². The second-order valence-electron chi connectivity index (χ2n) is 6.80. The van der Waals surface area contributed by atoms with E-state index < -0.39 is 11.9 Å². The van der Waals surface area contributed by atoms with Gasteiger partial charge in [0.1, 0.15) is 12.7 Å². The molecule has 1 aliphatic heterocycles.